The maximum absolute atomic E-state index is 4.49. The number of nitrogens with zero attached hydrogens (tertiary/aromatic N) is 2. The van der Waals surface area contributed by atoms with Gasteiger partial charge in [-0.05, 0) is 25.0 Å². The first kappa shape index (κ1) is 18.0. The average molecular weight is 548 g/mol. The summed E-state index contributed by atoms with van der Waals surface area (Å²) in [5.41, 5.74) is 7.40. The van der Waals surface area contributed by atoms with Gasteiger partial charge in [0.2, 0.25) is 0 Å². The third-order valence-electron chi connectivity index (χ3n) is 3.39. The monoisotopic (exact) mass is 547 g/mol. The van der Waals surface area contributed by atoms with E-state index in [1.807, 2.05) is 56.1 Å². The molecule has 0 atom stereocenters. The third kappa shape index (κ3) is 4.83. The molecule has 2 aromatic heterocycles. The summed E-state index contributed by atoms with van der Waals surface area (Å²) >= 11 is 4.86. The van der Waals surface area contributed by atoms with Crippen molar-refractivity contribution in [2.75, 3.05) is 0 Å². The van der Waals surface area contributed by atoms with Crippen molar-refractivity contribution in [1.29, 1.82) is 0 Å². The Kier molecular flexibility index (Phi) is 6.68. The summed E-state index contributed by atoms with van der Waals surface area (Å²) in [6.07, 6.45) is 3.77. The van der Waals surface area contributed by atoms with E-state index >= 15 is 0 Å². The Morgan fingerprint density at radius 3 is 1.52 bits per heavy atom. The van der Waals surface area contributed by atoms with Crippen molar-refractivity contribution in [3.63, 3.8) is 0 Å². The van der Waals surface area contributed by atoms with Crippen LogP contribution in [0.2, 0.25) is 0 Å². The van der Waals surface area contributed by atoms with Crippen molar-refractivity contribution in [3.8, 4) is 22.5 Å². The van der Waals surface area contributed by atoms with E-state index in [4.69, 9.17) is 0 Å². The number of pyridine rings is 2. The van der Waals surface area contributed by atoms with Crippen molar-refractivity contribution in [1.82, 2.24) is 9.97 Å². The van der Waals surface area contributed by atoms with E-state index in [0.29, 0.717) is 0 Å². The van der Waals surface area contributed by atoms with Crippen LogP contribution in [0.3, 0.4) is 0 Å². The molecule has 23 heavy (non-hydrogen) atoms. The molecule has 2 nitrogen and oxygen atoms in total. The van der Waals surface area contributed by atoms with Crippen LogP contribution in [0.25, 0.3) is 22.5 Å². The average Bonchev–Trinajstić information content (AvgIpc) is 2.57. The van der Waals surface area contributed by atoms with Crippen molar-refractivity contribution >= 4 is 13.3 Å². The van der Waals surface area contributed by atoms with Gasteiger partial charge in [0.1, 0.15) is 0 Å². The Balaban J connectivity index is 0.000000924. The molecule has 0 radical (unpaired) electrons. The second-order valence-electron chi connectivity index (χ2n) is 5.43. The number of aromatic nitrogens is 2. The molecule has 0 N–H and O–H groups in total. The molecular formula is C19H17BrN2Pt. The number of rotatable bonds is 2. The van der Waals surface area contributed by atoms with E-state index in [1.54, 1.807) is 0 Å². The summed E-state index contributed by atoms with van der Waals surface area (Å²) in [6.45, 7) is 6.17. The third-order valence-corrected chi connectivity index (χ3v) is 3.39. The van der Waals surface area contributed by atoms with Gasteiger partial charge < -0.3 is 0 Å². The van der Waals surface area contributed by atoms with Crippen LogP contribution < -0.4 is 0 Å². The van der Waals surface area contributed by atoms with Crippen LogP contribution in [0.1, 0.15) is 16.7 Å². The number of benzene rings is 1. The Hall–Kier alpha value is -1.31. The number of halogens is 1. The molecule has 120 valence electrons. The summed E-state index contributed by atoms with van der Waals surface area (Å²) in [5, 5.41) is 0. The first-order valence-corrected chi connectivity index (χ1v) is 12.1. The van der Waals surface area contributed by atoms with Crippen molar-refractivity contribution in [2.45, 2.75) is 20.8 Å². The molecule has 3 aromatic rings. The summed E-state index contributed by atoms with van der Waals surface area (Å²) < 4.78 is 0. The molecule has 0 fully saturated rings. The number of hydrogen-bond donors (Lipinski definition) is 0. The van der Waals surface area contributed by atoms with Gasteiger partial charge in [0, 0.05) is 23.8 Å². The van der Waals surface area contributed by atoms with Crippen LogP contribution in [-0.4, -0.2) is 9.97 Å². The molecule has 0 unspecified atom stereocenters. The Labute approximate surface area is 155 Å². The fraction of sp³-hybridized carbons (Fsp3) is 0.158. The van der Waals surface area contributed by atoms with E-state index < -0.39 is 0 Å². The predicted molar refractivity (Wildman–Crippen MR) is 94.9 cm³/mol. The van der Waals surface area contributed by atoms with Crippen molar-refractivity contribution in [2.24, 2.45) is 0 Å². The second kappa shape index (κ2) is 8.52. The van der Waals surface area contributed by atoms with Gasteiger partial charge in [-0.2, -0.15) is 0 Å². The fourth-order valence-electron chi connectivity index (χ4n) is 2.24. The van der Waals surface area contributed by atoms with E-state index in [9.17, 15) is 0 Å². The molecule has 4 heteroatoms. The van der Waals surface area contributed by atoms with Gasteiger partial charge in [-0.1, -0.05) is 42.3 Å². The van der Waals surface area contributed by atoms with E-state index in [0.717, 1.165) is 33.6 Å². The molecule has 3 rings (SSSR count). The minimum absolute atomic E-state index is 0.942. The van der Waals surface area contributed by atoms with E-state index in [-0.39, 0.29) is 0 Å². The predicted octanol–water partition coefficient (Wildman–Crippen LogP) is 5.38. The minimum atomic E-state index is 0.942. The van der Waals surface area contributed by atoms with Crippen LogP contribution >= 0.6 is 13.3 Å². The van der Waals surface area contributed by atoms with Crippen LogP contribution in [-0.2, 0) is 17.8 Å². The topological polar surface area (TPSA) is 25.8 Å². The zero-order chi connectivity index (χ0) is 16.8. The summed E-state index contributed by atoms with van der Waals surface area (Å²) in [4.78, 5) is 8.97. The normalized spacial score (nSPS) is 10.0. The molecule has 0 bridgehead atoms. The van der Waals surface area contributed by atoms with Gasteiger partial charge >= 0.3 is 31.1 Å². The molecule has 2 heterocycles. The van der Waals surface area contributed by atoms with Gasteiger partial charge in [-0.25, -0.2) is 0 Å². The first-order chi connectivity index (χ1) is 11.1. The molecule has 0 saturated carbocycles. The van der Waals surface area contributed by atoms with Crippen molar-refractivity contribution in [3.05, 3.63) is 71.5 Å². The molecule has 0 aliphatic carbocycles. The molecule has 0 spiro atoms. The zero-order valence-corrected chi connectivity index (χ0v) is 17.1. The SMILES string of the molecule is Cc1ccc(-c2[c-]c(-c3ccc(C)cn3)cc(C)c2)nc1.[Br][Pt+]. The summed E-state index contributed by atoms with van der Waals surface area (Å²) in [7, 11) is 0. The van der Waals surface area contributed by atoms with Gasteiger partial charge in [0.15, 0.2) is 0 Å². The van der Waals surface area contributed by atoms with Crippen LogP contribution in [0.4, 0.5) is 0 Å². The maximum atomic E-state index is 4.49. The number of hydrogen-bond acceptors (Lipinski definition) is 2. The molecule has 0 amide bonds. The Morgan fingerprint density at radius 2 is 1.17 bits per heavy atom. The van der Waals surface area contributed by atoms with Crippen molar-refractivity contribution < 1.29 is 17.8 Å². The number of aryl methyl sites for hydroxylation is 3. The molecule has 0 aliphatic heterocycles. The zero-order valence-electron chi connectivity index (χ0n) is 13.2. The standard InChI is InChI=1S/C19H17N2.BrH.Pt/c1-13-4-6-18(20-11-13)16-8-15(3)9-17(10-16)19-7-5-14(2)12-21-19;;/h4-9,11-12H,1-3H3;1H;/q-1;;+2/p-1. The van der Waals surface area contributed by atoms with Gasteiger partial charge in [0.25, 0.3) is 0 Å². The molecular weight excluding hydrogens is 531 g/mol. The Morgan fingerprint density at radius 1 is 0.739 bits per heavy atom. The van der Waals surface area contributed by atoms with Gasteiger partial charge in [-0.15, -0.1) is 23.8 Å². The second-order valence-corrected chi connectivity index (χ2v) is 5.43. The summed E-state index contributed by atoms with van der Waals surface area (Å²) in [6, 6.07) is 15.9. The quantitative estimate of drug-likeness (QED) is 0.402. The van der Waals surface area contributed by atoms with Gasteiger partial charge in [0.05, 0.1) is 0 Å². The molecule has 1 aromatic carbocycles. The molecule has 0 saturated heterocycles. The Bertz CT molecular complexity index is 705. The van der Waals surface area contributed by atoms with Crippen LogP contribution in [0, 0.1) is 26.8 Å². The van der Waals surface area contributed by atoms with E-state index in [1.165, 1.54) is 5.56 Å². The first-order valence-electron chi connectivity index (χ1n) is 7.14. The van der Waals surface area contributed by atoms with E-state index in [2.05, 4.69) is 60.5 Å². The summed E-state index contributed by atoms with van der Waals surface area (Å²) in [5.74, 6) is 0. The van der Waals surface area contributed by atoms with Crippen LogP contribution in [0.15, 0.2) is 48.8 Å². The fourth-order valence-corrected chi connectivity index (χ4v) is 2.24. The van der Waals surface area contributed by atoms with Crippen LogP contribution in [0.5, 0.6) is 0 Å². The molecule has 0 aliphatic rings. The van der Waals surface area contributed by atoms with Gasteiger partial charge in [-0.3, -0.25) is 9.97 Å².